The van der Waals surface area contributed by atoms with E-state index in [-0.39, 0.29) is 0 Å². The van der Waals surface area contributed by atoms with Crippen molar-refractivity contribution in [1.82, 2.24) is 20.4 Å². The van der Waals surface area contributed by atoms with E-state index in [9.17, 15) is 0 Å². The van der Waals surface area contributed by atoms with Crippen molar-refractivity contribution in [3.05, 3.63) is 53.2 Å². The zero-order valence-electron chi connectivity index (χ0n) is 11.6. The van der Waals surface area contributed by atoms with Crippen LogP contribution in [0.15, 0.2) is 42.5 Å². The first-order valence-electron chi connectivity index (χ1n) is 6.72. The largest absolute Gasteiger partial charge is 0.247 e. The summed E-state index contributed by atoms with van der Waals surface area (Å²) in [6, 6.07) is 15.5. The van der Waals surface area contributed by atoms with Crippen LogP contribution in [-0.2, 0) is 0 Å². The summed E-state index contributed by atoms with van der Waals surface area (Å²) in [7, 11) is 0. The van der Waals surface area contributed by atoms with Crippen molar-refractivity contribution >= 4 is 33.2 Å². The molecule has 0 aliphatic carbocycles. The minimum absolute atomic E-state index is 0.308. The van der Waals surface area contributed by atoms with Gasteiger partial charge in [-0.3, -0.25) is 0 Å². The Kier molecular flexibility index (Phi) is 3.30. The maximum Gasteiger partial charge on any atom is 0.163 e. The lowest BCUT2D eigenvalue weighted by molar-refractivity contribution is 0.937. The predicted molar refractivity (Wildman–Crippen MR) is 90.2 cm³/mol. The highest BCUT2D eigenvalue weighted by Gasteiger charge is 2.13. The third-order valence-electron chi connectivity index (χ3n) is 3.37. The average molecular weight is 338 g/mol. The second-order valence-electron chi connectivity index (χ2n) is 4.86. The number of aromatic amines is 1. The second kappa shape index (κ2) is 5.47. The Bertz CT molecular complexity index is 1030. The van der Waals surface area contributed by atoms with Gasteiger partial charge in [0.15, 0.2) is 5.69 Å². The van der Waals surface area contributed by atoms with Gasteiger partial charge in [-0.25, -0.2) is 10.1 Å². The van der Waals surface area contributed by atoms with Crippen LogP contribution in [-0.4, -0.2) is 20.4 Å². The molecule has 0 aliphatic heterocycles. The maximum atomic E-state index is 9.12. The van der Waals surface area contributed by atoms with Gasteiger partial charge in [0.25, 0.3) is 0 Å². The monoisotopic (exact) mass is 337 g/mol. The number of fused-ring (bicyclic) bond motifs is 1. The number of nitrogens with zero attached hydrogens (tertiary/aromatic N) is 4. The number of halogens is 1. The molecular weight excluding hydrogens is 330 g/mol. The van der Waals surface area contributed by atoms with Gasteiger partial charge in [0, 0.05) is 16.1 Å². The number of H-pyrrole nitrogens is 1. The molecule has 0 saturated heterocycles. The van der Waals surface area contributed by atoms with Gasteiger partial charge in [-0.1, -0.05) is 28.9 Å². The second-order valence-corrected chi connectivity index (χ2v) is 6.33. The SMILES string of the molecule is N#Cc1[nH]nnc1-c1cc(Cl)cc(-c2nc3ccccc3s2)c1. The van der Waals surface area contributed by atoms with E-state index in [4.69, 9.17) is 16.9 Å². The Morgan fingerprint density at radius 3 is 2.78 bits per heavy atom. The van der Waals surface area contributed by atoms with Gasteiger partial charge in [-0.15, -0.1) is 16.4 Å². The van der Waals surface area contributed by atoms with E-state index in [1.165, 1.54) is 0 Å². The third-order valence-corrected chi connectivity index (χ3v) is 4.68. The van der Waals surface area contributed by atoms with Gasteiger partial charge in [-0.05, 0) is 30.3 Å². The van der Waals surface area contributed by atoms with Crippen molar-refractivity contribution < 1.29 is 0 Å². The normalized spacial score (nSPS) is 10.8. The summed E-state index contributed by atoms with van der Waals surface area (Å²) in [5, 5.41) is 20.8. The summed E-state index contributed by atoms with van der Waals surface area (Å²) < 4.78 is 1.11. The molecule has 110 valence electrons. The first-order valence-corrected chi connectivity index (χ1v) is 7.92. The van der Waals surface area contributed by atoms with Gasteiger partial charge in [-0.2, -0.15) is 5.26 Å². The molecule has 0 spiro atoms. The summed E-state index contributed by atoms with van der Waals surface area (Å²) in [6.07, 6.45) is 0. The first-order chi connectivity index (χ1) is 11.2. The molecule has 2 heterocycles. The Hall–Kier alpha value is -2.75. The van der Waals surface area contributed by atoms with Gasteiger partial charge < -0.3 is 0 Å². The average Bonchev–Trinajstić information content (AvgIpc) is 3.20. The Labute approximate surface area is 140 Å². The van der Waals surface area contributed by atoms with E-state index in [0.717, 1.165) is 26.4 Å². The zero-order chi connectivity index (χ0) is 15.8. The van der Waals surface area contributed by atoms with Crippen LogP contribution in [0.2, 0.25) is 5.02 Å². The van der Waals surface area contributed by atoms with Crippen LogP contribution >= 0.6 is 22.9 Å². The molecule has 2 aromatic heterocycles. The number of nitriles is 1. The van der Waals surface area contributed by atoms with Crippen LogP contribution in [0.1, 0.15) is 5.69 Å². The molecule has 0 bridgehead atoms. The number of rotatable bonds is 2. The molecule has 0 saturated carbocycles. The molecular formula is C16H8ClN5S. The van der Waals surface area contributed by atoms with Crippen LogP contribution < -0.4 is 0 Å². The molecule has 4 rings (SSSR count). The van der Waals surface area contributed by atoms with Crippen molar-refractivity contribution in [2.24, 2.45) is 0 Å². The van der Waals surface area contributed by atoms with Crippen LogP contribution in [0.25, 0.3) is 32.0 Å². The molecule has 1 N–H and O–H groups in total. The molecule has 0 radical (unpaired) electrons. The van der Waals surface area contributed by atoms with Gasteiger partial charge in [0.2, 0.25) is 0 Å². The molecule has 5 nitrogen and oxygen atoms in total. The quantitative estimate of drug-likeness (QED) is 0.592. The van der Waals surface area contributed by atoms with Crippen molar-refractivity contribution in [2.75, 3.05) is 0 Å². The van der Waals surface area contributed by atoms with Crippen LogP contribution in [0.3, 0.4) is 0 Å². The summed E-state index contributed by atoms with van der Waals surface area (Å²) >= 11 is 7.84. The van der Waals surface area contributed by atoms with Crippen LogP contribution in [0.4, 0.5) is 0 Å². The number of hydrogen-bond acceptors (Lipinski definition) is 5. The molecule has 7 heteroatoms. The summed E-state index contributed by atoms with van der Waals surface area (Å²) in [4.78, 5) is 4.64. The van der Waals surface area contributed by atoms with E-state index >= 15 is 0 Å². The molecule has 0 fully saturated rings. The number of benzene rings is 2. The molecule has 4 aromatic rings. The smallest absolute Gasteiger partial charge is 0.163 e. The number of para-hydroxylation sites is 1. The molecule has 0 aliphatic rings. The van der Waals surface area contributed by atoms with Gasteiger partial charge in [0.1, 0.15) is 16.8 Å². The highest BCUT2D eigenvalue weighted by molar-refractivity contribution is 7.21. The van der Waals surface area contributed by atoms with Crippen LogP contribution in [0.5, 0.6) is 0 Å². The number of thiazole rings is 1. The van der Waals surface area contributed by atoms with E-state index in [1.54, 1.807) is 17.4 Å². The maximum absolute atomic E-state index is 9.12. The molecule has 0 unspecified atom stereocenters. The van der Waals surface area contributed by atoms with E-state index < -0.39 is 0 Å². The topological polar surface area (TPSA) is 78.2 Å². The summed E-state index contributed by atoms with van der Waals surface area (Å²) in [5.41, 5.74) is 3.37. The minimum Gasteiger partial charge on any atom is -0.247 e. The number of hydrogen-bond donors (Lipinski definition) is 1. The first kappa shape index (κ1) is 13.9. The van der Waals surface area contributed by atoms with Crippen molar-refractivity contribution in [3.8, 4) is 27.9 Å². The lowest BCUT2D eigenvalue weighted by atomic mass is 10.1. The minimum atomic E-state index is 0.308. The van der Waals surface area contributed by atoms with Crippen molar-refractivity contribution in [1.29, 1.82) is 5.26 Å². The fourth-order valence-electron chi connectivity index (χ4n) is 2.35. The third kappa shape index (κ3) is 2.46. The molecule has 0 amide bonds. The van der Waals surface area contributed by atoms with E-state index in [0.29, 0.717) is 16.4 Å². The van der Waals surface area contributed by atoms with E-state index in [1.807, 2.05) is 42.5 Å². The van der Waals surface area contributed by atoms with Crippen molar-refractivity contribution in [3.63, 3.8) is 0 Å². The predicted octanol–water partition coefficient (Wildman–Crippen LogP) is 4.27. The zero-order valence-corrected chi connectivity index (χ0v) is 13.2. The fraction of sp³-hybridized carbons (Fsp3) is 0. The van der Waals surface area contributed by atoms with Crippen molar-refractivity contribution in [2.45, 2.75) is 0 Å². The lowest BCUT2D eigenvalue weighted by Gasteiger charge is -2.02. The Balaban J connectivity index is 1.88. The number of aromatic nitrogens is 4. The van der Waals surface area contributed by atoms with Gasteiger partial charge in [0.05, 0.1) is 10.2 Å². The Morgan fingerprint density at radius 1 is 1.13 bits per heavy atom. The highest BCUT2D eigenvalue weighted by Crippen LogP contribution is 2.34. The highest BCUT2D eigenvalue weighted by atomic mass is 35.5. The van der Waals surface area contributed by atoms with Crippen LogP contribution in [0, 0.1) is 11.3 Å². The lowest BCUT2D eigenvalue weighted by Crippen LogP contribution is -1.85. The fourth-order valence-corrected chi connectivity index (χ4v) is 3.54. The molecule has 2 aromatic carbocycles. The van der Waals surface area contributed by atoms with E-state index in [2.05, 4.69) is 20.4 Å². The standard InChI is InChI=1S/C16H8ClN5S/c17-11-6-9(15-13(8-18)20-22-21-15)5-10(7-11)16-19-12-3-1-2-4-14(12)23-16/h1-7H,(H,20,21,22). The van der Waals surface area contributed by atoms with Gasteiger partial charge >= 0.3 is 0 Å². The summed E-state index contributed by atoms with van der Waals surface area (Å²) in [5.74, 6) is 0. The Morgan fingerprint density at radius 2 is 1.96 bits per heavy atom. The molecule has 23 heavy (non-hydrogen) atoms. The number of nitrogens with one attached hydrogen (secondary N) is 1. The molecule has 0 atom stereocenters. The summed E-state index contributed by atoms with van der Waals surface area (Å²) in [6.45, 7) is 0.